The van der Waals surface area contributed by atoms with Crippen molar-refractivity contribution < 1.29 is 23.9 Å². The van der Waals surface area contributed by atoms with Crippen LogP contribution in [-0.2, 0) is 23.9 Å². The fraction of sp³-hybridized carbons (Fsp3) is 0.606. The number of allylic oxidation sites excluding steroid dienone is 1. The highest BCUT2D eigenvalue weighted by molar-refractivity contribution is 5.87. The molecule has 0 unspecified atom stereocenters. The van der Waals surface area contributed by atoms with Crippen LogP contribution in [-0.4, -0.2) is 69.3 Å². The zero-order chi connectivity index (χ0) is 31.3. The number of carbonyl (C=O) groups is 3. The number of ether oxygens (including phenoxy) is 2. The highest BCUT2D eigenvalue weighted by atomic mass is 16.5. The maximum atomic E-state index is 11.3. The molecule has 0 fully saturated rings. The summed E-state index contributed by atoms with van der Waals surface area (Å²) in [5, 5.41) is 12.0. The van der Waals surface area contributed by atoms with Crippen molar-refractivity contribution in [2.24, 2.45) is 0 Å². The molecule has 0 radical (unpaired) electrons. The van der Waals surface area contributed by atoms with Crippen LogP contribution < -0.4 is 21.3 Å². The Labute approximate surface area is 254 Å². The predicted molar refractivity (Wildman–Crippen MR) is 172 cm³/mol. The van der Waals surface area contributed by atoms with Gasteiger partial charge >= 0.3 is 0 Å². The number of hydrogen-bond donors (Lipinski definition) is 4. The minimum absolute atomic E-state index is 0.125. The number of amides is 3. The Morgan fingerprint density at radius 2 is 0.905 bits per heavy atom. The van der Waals surface area contributed by atoms with Crippen molar-refractivity contribution in [2.75, 3.05) is 46.1 Å². The fourth-order valence-corrected chi connectivity index (χ4v) is 4.50. The van der Waals surface area contributed by atoms with Crippen molar-refractivity contribution in [3.63, 3.8) is 0 Å². The Hall–Kier alpha value is -3.17. The van der Waals surface area contributed by atoms with E-state index in [9.17, 15) is 14.4 Å². The predicted octanol–water partition coefficient (Wildman–Crippen LogP) is 4.64. The van der Waals surface area contributed by atoms with Crippen molar-refractivity contribution >= 4 is 17.7 Å². The van der Waals surface area contributed by atoms with Gasteiger partial charge in [-0.25, -0.2) is 0 Å². The zero-order valence-electron chi connectivity index (χ0n) is 25.8. The minimum atomic E-state index is -0.170. The van der Waals surface area contributed by atoms with Gasteiger partial charge in [-0.2, -0.15) is 0 Å². The summed E-state index contributed by atoms with van der Waals surface area (Å²) in [4.78, 5) is 33.8. The molecule has 0 aliphatic rings. The van der Waals surface area contributed by atoms with Crippen LogP contribution in [0.5, 0.6) is 0 Å². The summed E-state index contributed by atoms with van der Waals surface area (Å²) < 4.78 is 11.7. The van der Waals surface area contributed by atoms with E-state index in [0.717, 1.165) is 82.7 Å². The number of hydrogen-bond acceptors (Lipinski definition) is 6. The largest absolute Gasteiger partial charge is 0.381 e. The third-order valence-corrected chi connectivity index (χ3v) is 6.78. The third kappa shape index (κ3) is 22.5. The van der Waals surface area contributed by atoms with Gasteiger partial charge in [-0.15, -0.1) is 0 Å². The van der Waals surface area contributed by atoms with Crippen LogP contribution in [0.25, 0.3) is 0 Å². The quantitative estimate of drug-likeness (QED) is 0.0552. The number of unbranched alkanes of at least 4 members (excludes halogenated alkanes) is 4. The SMILES string of the molecule is C=CC(=C)NC(CCCCCCCNC(=O)C=C)(CCCOCCCNC(=O)C=C)CCCOCCCNC(=O)C=C. The number of carbonyl (C=O) groups excluding carboxylic acids is 3. The molecule has 0 spiro atoms. The van der Waals surface area contributed by atoms with Gasteiger partial charge in [-0.1, -0.05) is 58.6 Å². The van der Waals surface area contributed by atoms with Gasteiger partial charge in [0, 0.05) is 57.3 Å². The van der Waals surface area contributed by atoms with Crippen molar-refractivity contribution in [3.05, 3.63) is 62.9 Å². The molecule has 0 aromatic carbocycles. The van der Waals surface area contributed by atoms with Crippen LogP contribution in [0, 0.1) is 0 Å². The molecule has 0 saturated heterocycles. The smallest absolute Gasteiger partial charge is 0.243 e. The van der Waals surface area contributed by atoms with Crippen molar-refractivity contribution in [2.45, 2.75) is 82.6 Å². The molecule has 0 atom stereocenters. The van der Waals surface area contributed by atoms with Gasteiger partial charge in [-0.3, -0.25) is 14.4 Å². The molecule has 0 aromatic rings. The van der Waals surface area contributed by atoms with Crippen LogP contribution in [0.2, 0.25) is 0 Å². The monoisotopic (exact) mass is 588 g/mol. The van der Waals surface area contributed by atoms with Crippen LogP contribution in [0.4, 0.5) is 0 Å². The lowest BCUT2D eigenvalue weighted by atomic mass is 9.82. The summed E-state index contributed by atoms with van der Waals surface area (Å²) in [5.74, 6) is -0.465. The Morgan fingerprint density at radius 3 is 1.36 bits per heavy atom. The van der Waals surface area contributed by atoms with Gasteiger partial charge in [0.25, 0.3) is 0 Å². The Bertz CT molecular complexity index is 739. The lowest BCUT2D eigenvalue weighted by Gasteiger charge is -2.37. The number of nitrogens with one attached hydrogen (secondary N) is 4. The van der Waals surface area contributed by atoms with Gasteiger partial charge < -0.3 is 30.7 Å². The second-order valence-corrected chi connectivity index (χ2v) is 10.3. The van der Waals surface area contributed by atoms with E-state index in [-0.39, 0.29) is 23.3 Å². The summed E-state index contributed by atoms with van der Waals surface area (Å²) in [5.41, 5.74) is 0.664. The van der Waals surface area contributed by atoms with Crippen molar-refractivity contribution in [3.8, 4) is 0 Å². The van der Waals surface area contributed by atoms with E-state index in [1.807, 2.05) is 0 Å². The molecule has 4 N–H and O–H groups in total. The van der Waals surface area contributed by atoms with Crippen LogP contribution >= 0.6 is 0 Å². The fourth-order valence-electron chi connectivity index (χ4n) is 4.50. The summed E-state index contributed by atoms with van der Waals surface area (Å²) >= 11 is 0. The van der Waals surface area contributed by atoms with Gasteiger partial charge in [0.15, 0.2) is 0 Å². The highest BCUT2D eigenvalue weighted by Gasteiger charge is 2.28. The molecule has 9 heteroatoms. The molecule has 42 heavy (non-hydrogen) atoms. The first-order valence-electron chi connectivity index (χ1n) is 15.3. The van der Waals surface area contributed by atoms with Crippen molar-refractivity contribution in [1.29, 1.82) is 0 Å². The lowest BCUT2D eigenvalue weighted by Crippen LogP contribution is -2.44. The summed E-state index contributed by atoms with van der Waals surface area (Å²) in [6, 6.07) is 0. The molecule has 0 bridgehead atoms. The van der Waals surface area contributed by atoms with Crippen molar-refractivity contribution in [1.82, 2.24) is 21.3 Å². The summed E-state index contributed by atoms with van der Waals surface area (Å²) in [6.45, 7) is 22.7. The van der Waals surface area contributed by atoms with E-state index in [2.05, 4.69) is 54.2 Å². The van der Waals surface area contributed by atoms with E-state index in [0.29, 0.717) is 46.1 Å². The first-order chi connectivity index (χ1) is 20.3. The second kappa shape index (κ2) is 26.7. The second-order valence-electron chi connectivity index (χ2n) is 10.3. The van der Waals surface area contributed by atoms with E-state index in [1.165, 1.54) is 18.2 Å². The topological polar surface area (TPSA) is 118 Å². The Balaban J connectivity index is 4.81. The zero-order valence-corrected chi connectivity index (χ0v) is 25.8. The maximum absolute atomic E-state index is 11.3. The van der Waals surface area contributed by atoms with E-state index < -0.39 is 0 Å². The van der Waals surface area contributed by atoms with Gasteiger partial charge in [0.2, 0.25) is 17.7 Å². The van der Waals surface area contributed by atoms with Gasteiger partial charge in [-0.05, 0) is 75.7 Å². The highest BCUT2D eigenvalue weighted by Crippen LogP contribution is 2.28. The van der Waals surface area contributed by atoms with E-state index in [4.69, 9.17) is 9.47 Å². The average Bonchev–Trinajstić information content (AvgIpc) is 3.00. The van der Waals surface area contributed by atoms with Crippen LogP contribution in [0.1, 0.15) is 77.0 Å². The first kappa shape index (κ1) is 38.8. The van der Waals surface area contributed by atoms with Crippen LogP contribution in [0.3, 0.4) is 0 Å². The Morgan fingerprint density at radius 1 is 0.524 bits per heavy atom. The van der Waals surface area contributed by atoms with Crippen LogP contribution in [0.15, 0.2) is 62.9 Å². The molecule has 0 aromatic heterocycles. The standard InChI is InChI=1S/C33H56N4O5/c1-6-29(5)37-33(19-13-11-10-12-14-22-34-30(38)7-2,20-15-25-41-27-17-23-35-31(39)8-3)21-16-26-42-28-18-24-36-32(40)9-4/h6-9,37H,1-5,10-28H2,(H,34,38)(H,35,39)(H,36,40). The lowest BCUT2D eigenvalue weighted by molar-refractivity contribution is -0.117. The van der Waals surface area contributed by atoms with Gasteiger partial charge in [0.1, 0.15) is 0 Å². The number of rotatable bonds is 30. The molecule has 0 saturated carbocycles. The Kier molecular flexibility index (Phi) is 24.7. The van der Waals surface area contributed by atoms with E-state index in [1.54, 1.807) is 6.08 Å². The molecule has 0 heterocycles. The molecular weight excluding hydrogens is 532 g/mol. The summed E-state index contributed by atoms with van der Waals surface area (Å²) in [6.07, 6.45) is 17.0. The molecule has 238 valence electrons. The molecular formula is C33H56N4O5. The third-order valence-electron chi connectivity index (χ3n) is 6.78. The molecule has 0 aliphatic heterocycles. The van der Waals surface area contributed by atoms with E-state index >= 15 is 0 Å². The maximum Gasteiger partial charge on any atom is 0.243 e. The first-order valence-corrected chi connectivity index (χ1v) is 15.3. The molecule has 0 aliphatic carbocycles. The average molecular weight is 589 g/mol. The normalized spacial score (nSPS) is 10.8. The van der Waals surface area contributed by atoms with Gasteiger partial charge in [0.05, 0.1) is 0 Å². The molecule has 3 amide bonds. The molecule has 9 nitrogen and oxygen atoms in total. The minimum Gasteiger partial charge on any atom is -0.381 e. The molecule has 0 rings (SSSR count). The summed E-state index contributed by atoms with van der Waals surface area (Å²) in [7, 11) is 0.